The molecule has 94 valence electrons. The average Bonchev–Trinajstić information content (AvgIpc) is 2.96. The zero-order chi connectivity index (χ0) is 13.0. The van der Waals surface area contributed by atoms with Crippen LogP contribution in [-0.4, -0.2) is 5.78 Å². The zero-order valence-corrected chi connectivity index (χ0v) is 12.2. The molecule has 0 amide bonds. The summed E-state index contributed by atoms with van der Waals surface area (Å²) in [4.78, 5) is 15.3. The molecular weight excluding hydrogens is 260 g/mol. The lowest BCUT2D eigenvalue weighted by atomic mass is 10.2. The average molecular weight is 276 g/mol. The summed E-state index contributed by atoms with van der Waals surface area (Å²) in [5.74, 6) is 0.107. The third-order valence-electron chi connectivity index (χ3n) is 2.69. The highest BCUT2D eigenvalue weighted by atomic mass is 32.1. The van der Waals surface area contributed by atoms with Gasteiger partial charge in [0, 0.05) is 9.75 Å². The van der Waals surface area contributed by atoms with Gasteiger partial charge in [0.1, 0.15) is 0 Å². The van der Waals surface area contributed by atoms with Crippen molar-refractivity contribution in [2.75, 3.05) is 0 Å². The minimum atomic E-state index is 0.107. The van der Waals surface area contributed by atoms with Crippen molar-refractivity contribution in [2.24, 2.45) is 0 Å². The maximum atomic E-state index is 12.0. The van der Waals surface area contributed by atoms with Crippen LogP contribution in [0.15, 0.2) is 29.7 Å². The predicted octanol–water partition coefficient (Wildman–Crippen LogP) is 4.97. The number of aryl methyl sites for hydroxylation is 2. The first-order chi connectivity index (χ1) is 8.70. The molecule has 1 nitrogen and oxygen atoms in total. The van der Waals surface area contributed by atoms with Crippen molar-refractivity contribution in [1.29, 1.82) is 0 Å². The number of allylic oxidation sites excluding steroid dienone is 1. The van der Waals surface area contributed by atoms with E-state index in [9.17, 15) is 4.79 Å². The summed E-state index contributed by atoms with van der Waals surface area (Å²) in [6.45, 7) is 4.21. The van der Waals surface area contributed by atoms with Gasteiger partial charge in [-0.3, -0.25) is 4.79 Å². The van der Waals surface area contributed by atoms with E-state index in [0.717, 1.165) is 22.6 Å². The van der Waals surface area contributed by atoms with Gasteiger partial charge in [-0.25, -0.2) is 0 Å². The number of carbonyl (C=O) groups excluding carboxylic acids is 1. The number of ketones is 1. The fraction of sp³-hybridized carbons (Fsp3) is 0.267. The molecule has 0 aliphatic heterocycles. The van der Waals surface area contributed by atoms with Gasteiger partial charge in [-0.2, -0.15) is 0 Å². The fourth-order valence-corrected chi connectivity index (χ4v) is 3.53. The first kappa shape index (κ1) is 13.2. The maximum absolute atomic E-state index is 12.0. The van der Waals surface area contributed by atoms with Crippen LogP contribution in [0.25, 0.3) is 6.08 Å². The summed E-state index contributed by atoms with van der Waals surface area (Å²) in [5.41, 5.74) is 1.22. The molecular formula is C15H16OS2. The van der Waals surface area contributed by atoms with Crippen LogP contribution >= 0.6 is 22.7 Å². The monoisotopic (exact) mass is 276 g/mol. The highest BCUT2D eigenvalue weighted by Gasteiger charge is 2.06. The molecule has 2 aromatic heterocycles. The van der Waals surface area contributed by atoms with Crippen LogP contribution in [0.1, 0.15) is 38.3 Å². The Kier molecular flexibility index (Phi) is 4.50. The Labute approximate surface area is 116 Å². The van der Waals surface area contributed by atoms with E-state index in [4.69, 9.17) is 0 Å². The maximum Gasteiger partial charge on any atom is 0.195 e. The second kappa shape index (κ2) is 6.12. The smallest absolute Gasteiger partial charge is 0.195 e. The number of thiophene rings is 2. The summed E-state index contributed by atoms with van der Waals surface area (Å²) < 4.78 is 0. The lowest BCUT2D eigenvalue weighted by Crippen LogP contribution is -1.88. The molecule has 0 bridgehead atoms. The molecule has 0 unspecified atom stereocenters. The quantitative estimate of drug-likeness (QED) is 0.557. The van der Waals surface area contributed by atoms with Gasteiger partial charge in [-0.15, -0.1) is 22.7 Å². The van der Waals surface area contributed by atoms with Crippen molar-refractivity contribution >= 4 is 34.5 Å². The Bertz CT molecular complexity index is 561. The Morgan fingerprint density at radius 3 is 2.83 bits per heavy atom. The first-order valence-electron chi connectivity index (χ1n) is 6.06. The largest absolute Gasteiger partial charge is 0.288 e. The molecule has 2 rings (SSSR count). The second-order valence-electron chi connectivity index (χ2n) is 4.18. The SMILES string of the molecule is CCCc1ccc(C(=O)/C=C/c2sccc2C)s1. The molecule has 0 aliphatic rings. The number of hydrogen-bond donors (Lipinski definition) is 0. The number of hydrogen-bond acceptors (Lipinski definition) is 3. The van der Waals surface area contributed by atoms with E-state index in [1.54, 1.807) is 28.7 Å². The molecule has 0 aromatic carbocycles. The van der Waals surface area contributed by atoms with Crippen LogP contribution in [0.4, 0.5) is 0 Å². The van der Waals surface area contributed by atoms with Crippen molar-refractivity contribution in [3.63, 3.8) is 0 Å². The predicted molar refractivity (Wildman–Crippen MR) is 80.7 cm³/mol. The van der Waals surface area contributed by atoms with E-state index in [1.165, 1.54) is 10.4 Å². The van der Waals surface area contributed by atoms with Crippen molar-refractivity contribution in [2.45, 2.75) is 26.7 Å². The lowest BCUT2D eigenvalue weighted by molar-refractivity contribution is 0.105. The van der Waals surface area contributed by atoms with Crippen molar-refractivity contribution in [3.8, 4) is 0 Å². The van der Waals surface area contributed by atoms with E-state index >= 15 is 0 Å². The molecule has 0 fully saturated rings. The first-order valence-corrected chi connectivity index (χ1v) is 7.75. The van der Waals surface area contributed by atoms with Crippen LogP contribution in [0.5, 0.6) is 0 Å². The molecule has 0 atom stereocenters. The van der Waals surface area contributed by atoms with E-state index in [1.807, 2.05) is 17.5 Å². The summed E-state index contributed by atoms with van der Waals surface area (Å²) in [5, 5.41) is 2.05. The number of rotatable bonds is 5. The zero-order valence-electron chi connectivity index (χ0n) is 10.6. The van der Waals surface area contributed by atoms with Gasteiger partial charge in [-0.05, 0) is 54.6 Å². The molecule has 18 heavy (non-hydrogen) atoms. The highest BCUT2D eigenvalue weighted by Crippen LogP contribution is 2.21. The highest BCUT2D eigenvalue weighted by molar-refractivity contribution is 7.14. The van der Waals surface area contributed by atoms with E-state index in [-0.39, 0.29) is 5.78 Å². The third kappa shape index (κ3) is 3.18. The Hall–Kier alpha value is -1.19. The molecule has 3 heteroatoms. The molecule has 2 heterocycles. The van der Waals surface area contributed by atoms with Crippen LogP contribution in [0.2, 0.25) is 0 Å². The van der Waals surface area contributed by atoms with Crippen LogP contribution in [0.3, 0.4) is 0 Å². The molecule has 0 radical (unpaired) electrons. The topological polar surface area (TPSA) is 17.1 Å². The van der Waals surface area contributed by atoms with Gasteiger partial charge in [-0.1, -0.05) is 13.3 Å². The summed E-state index contributed by atoms with van der Waals surface area (Å²) in [6.07, 6.45) is 5.78. The van der Waals surface area contributed by atoms with Crippen molar-refractivity contribution < 1.29 is 4.79 Å². The van der Waals surface area contributed by atoms with Gasteiger partial charge < -0.3 is 0 Å². The summed E-state index contributed by atoms with van der Waals surface area (Å²) >= 11 is 3.27. The van der Waals surface area contributed by atoms with Crippen molar-refractivity contribution in [1.82, 2.24) is 0 Å². The molecule has 0 N–H and O–H groups in total. The Morgan fingerprint density at radius 2 is 2.17 bits per heavy atom. The Morgan fingerprint density at radius 1 is 1.33 bits per heavy atom. The van der Waals surface area contributed by atoms with Crippen LogP contribution in [-0.2, 0) is 6.42 Å². The molecule has 0 saturated carbocycles. The van der Waals surface area contributed by atoms with E-state index in [0.29, 0.717) is 0 Å². The lowest BCUT2D eigenvalue weighted by Gasteiger charge is -1.91. The normalized spacial score (nSPS) is 11.2. The van der Waals surface area contributed by atoms with Crippen LogP contribution in [0, 0.1) is 6.92 Å². The summed E-state index contributed by atoms with van der Waals surface area (Å²) in [7, 11) is 0. The second-order valence-corrected chi connectivity index (χ2v) is 6.30. The van der Waals surface area contributed by atoms with Gasteiger partial charge >= 0.3 is 0 Å². The fourth-order valence-electron chi connectivity index (χ4n) is 1.68. The third-order valence-corrected chi connectivity index (χ3v) is 4.83. The van der Waals surface area contributed by atoms with E-state index < -0.39 is 0 Å². The van der Waals surface area contributed by atoms with Crippen molar-refractivity contribution in [3.05, 3.63) is 49.9 Å². The Balaban J connectivity index is 2.07. The van der Waals surface area contributed by atoms with Gasteiger partial charge in [0.15, 0.2) is 5.78 Å². The summed E-state index contributed by atoms with van der Waals surface area (Å²) in [6, 6.07) is 6.06. The molecule has 0 spiro atoms. The van der Waals surface area contributed by atoms with E-state index in [2.05, 4.69) is 26.0 Å². The molecule has 0 saturated heterocycles. The molecule has 2 aromatic rings. The van der Waals surface area contributed by atoms with Gasteiger partial charge in [0.05, 0.1) is 4.88 Å². The van der Waals surface area contributed by atoms with Gasteiger partial charge in [0.2, 0.25) is 0 Å². The standard InChI is InChI=1S/C15H16OS2/c1-3-4-12-5-7-15(18-12)13(16)6-8-14-11(2)9-10-17-14/h5-10H,3-4H2,1-2H3/b8-6+. The molecule has 0 aliphatic carbocycles. The minimum absolute atomic E-state index is 0.107. The number of carbonyl (C=O) groups is 1. The van der Waals surface area contributed by atoms with Gasteiger partial charge in [0.25, 0.3) is 0 Å². The minimum Gasteiger partial charge on any atom is -0.288 e. The van der Waals surface area contributed by atoms with Crippen LogP contribution < -0.4 is 0 Å².